The van der Waals surface area contributed by atoms with Crippen LogP contribution >= 0.6 is 7.59 Å². The van der Waals surface area contributed by atoms with Crippen molar-refractivity contribution in [3.8, 4) is 0 Å². The zero-order valence-corrected chi connectivity index (χ0v) is 20.3. The molecule has 3 heterocycles. The van der Waals surface area contributed by atoms with E-state index in [0.717, 1.165) is 88.2 Å². The van der Waals surface area contributed by atoms with E-state index in [1.807, 2.05) is 27.5 Å². The van der Waals surface area contributed by atoms with Gasteiger partial charge in [-0.15, -0.1) is 0 Å². The Kier molecular flexibility index (Phi) is 7.02. The normalized spacial score (nSPS) is 24.2. The molecule has 5 rings (SSSR count). The second-order valence-electron chi connectivity index (χ2n) is 9.31. The number of rotatable bonds is 6. The molecule has 1 aromatic carbocycles. The van der Waals surface area contributed by atoms with Crippen molar-refractivity contribution in [1.29, 1.82) is 0 Å². The molecule has 0 radical (unpaired) electrons. The van der Waals surface area contributed by atoms with Gasteiger partial charge in [0.15, 0.2) is 0 Å². The summed E-state index contributed by atoms with van der Waals surface area (Å²) >= 11 is 0. The van der Waals surface area contributed by atoms with Crippen LogP contribution in [0.15, 0.2) is 47.2 Å². The number of nitrogens with one attached hydrogen (secondary N) is 1. The molecule has 1 aromatic rings. The Balaban J connectivity index is 1.47. The molecule has 0 spiro atoms. The van der Waals surface area contributed by atoms with Gasteiger partial charge >= 0.3 is 7.59 Å². The van der Waals surface area contributed by atoms with Crippen LogP contribution in [0.3, 0.4) is 0 Å². The van der Waals surface area contributed by atoms with Gasteiger partial charge in [-0.05, 0) is 55.7 Å². The number of carbonyl (C=O) groups is 1. The van der Waals surface area contributed by atoms with Crippen LogP contribution in [0, 0.1) is 0 Å². The summed E-state index contributed by atoms with van der Waals surface area (Å²) < 4.78 is 24.0. The summed E-state index contributed by atoms with van der Waals surface area (Å²) in [6.45, 7) is 6.05. The number of hydrogen-bond acceptors (Lipinski definition) is 4. The smallest absolute Gasteiger partial charge is 0.311 e. The molecule has 7 nitrogen and oxygen atoms in total. The van der Waals surface area contributed by atoms with Crippen LogP contribution in [0.2, 0.25) is 0 Å². The van der Waals surface area contributed by atoms with E-state index < -0.39 is 7.59 Å². The topological polar surface area (TPSA) is 65.1 Å². The standard InChI is InChI=1S/C25H35N4O3P/c30-25(26-33(31,28-12-4-5-13-28)29-14-6-7-15-29)23-11-10-22(20-21-8-2-1-3-9-21)24(23)27-16-18-32-19-17-27/h1-3,8-9,20H,4-7,10-19H2,(H,26,30,31)/b22-20-. The second-order valence-corrected chi connectivity index (χ2v) is 11.8. The first-order chi connectivity index (χ1) is 16.1. The Labute approximate surface area is 197 Å². The summed E-state index contributed by atoms with van der Waals surface area (Å²) in [6, 6.07) is 10.3. The molecule has 3 aliphatic heterocycles. The van der Waals surface area contributed by atoms with Crippen molar-refractivity contribution in [2.24, 2.45) is 0 Å². The summed E-state index contributed by atoms with van der Waals surface area (Å²) in [7, 11) is -3.11. The van der Waals surface area contributed by atoms with Crippen molar-refractivity contribution in [2.45, 2.75) is 38.5 Å². The van der Waals surface area contributed by atoms with Crippen molar-refractivity contribution in [3.05, 3.63) is 52.7 Å². The number of allylic oxidation sites excluding steroid dienone is 1. The number of carbonyl (C=O) groups excluding carboxylic acids is 1. The van der Waals surface area contributed by atoms with Crippen LogP contribution in [-0.2, 0) is 14.1 Å². The van der Waals surface area contributed by atoms with Gasteiger partial charge < -0.3 is 9.64 Å². The zero-order chi connectivity index (χ0) is 22.7. The Bertz CT molecular complexity index is 939. The lowest BCUT2D eigenvalue weighted by atomic mass is 10.1. The quantitative estimate of drug-likeness (QED) is 0.637. The third-order valence-corrected chi connectivity index (χ3v) is 9.98. The van der Waals surface area contributed by atoms with Crippen LogP contribution in [-0.4, -0.2) is 72.6 Å². The van der Waals surface area contributed by atoms with E-state index in [-0.39, 0.29) is 5.91 Å². The first kappa shape index (κ1) is 22.9. The second kappa shape index (κ2) is 10.1. The molecular formula is C25H35N4O3P. The van der Waals surface area contributed by atoms with Gasteiger partial charge in [-0.1, -0.05) is 30.3 Å². The van der Waals surface area contributed by atoms with E-state index in [1.54, 1.807) is 0 Å². The average molecular weight is 471 g/mol. The highest BCUT2D eigenvalue weighted by molar-refractivity contribution is 7.57. The van der Waals surface area contributed by atoms with Gasteiger partial charge in [0.2, 0.25) is 0 Å². The van der Waals surface area contributed by atoms with E-state index in [4.69, 9.17) is 4.74 Å². The highest BCUT2D eigenvalue weighted by atomic mass is 31.2. The summed E-state index contributed by atoms with van der Waals surface area (Å²) in [4.78, 5) is 16.0. The van der Waals surface area contributed by atoms with E-state index in [9.17, 15) is 9.36 Å². The SMILES string of the molecule is O=C(NP(=O)(N1CCCC1)N1CCCC1)C1=C(N2CCOCC2)/C(=C\c2ccccc2)CC1. The monoisotopic (exact) mass is 470 g/mol. The summed E-state index contributed by atoms with van der Waals surface area (Å²) in [5, 5.41) is 3.10. The minimum absolute atomic E-state index is 0.157. The fourth-order valence-electron chi connectivity index (χ4n) is 5.45. The number of morpholine rings is 1. The molecule has 1 aliphatic carbocycles. The van der Waals surface area contributed by atoms with E-state index >= 15 is 0 Å². The molecule has 1 amide bonds. The maximum absolute atomic E-state index is 14.3. The molecule has 0 unspecified atom stereocenters. The fraction of sp³-hybridized carbons (Fsp3) is 0.560. The van der Waals surface area contributed by atoms with Gasteiger partial charge in [-0.2, -0.15) is 0 Å². The van der Waals surface area contributed by atoms with Gasteiger partial charge in [0.25, 0.3) is 5.91 Å². The Hall–Kier alpha value is -1.92. The van der Waals surface area contributed by atoms with Gasteiger partial charge in [0.05, 0.1) is 13.2 Å². The van der Waals surface area contributed by atoms with E-state index in [2.05, 4.69) is 28.2 Å². The fourth-order valence-corrected chi connectivity index (χ4v) is 8.14. The van der Waals surface area contributed by atoms with E-state index in [1.165, 1.54) is 5.57 Å². The maximum Gasteiger partial charge on any atom is 0.311 e. The summed E-state index contributed by atoms with van der Waals surface area (Å²) in [6.07, 6.45) is 7.86. The molecule has 0 saturated carbocycles. The molecule has 3 fully saturated rings. The van der Waals surface area contributed by atoms with Crippen LogP contribution < -0.4 is 5.09 Å². The van der Waals surface area contributed by atoms with Crippen LogP contribution in [0.1, 0.15) is 44.1 Å². The molecular weight excluding hydrogens is 435 g/mol. The third-order valence-electron chi connectivity index (χ3n) is 7.16. The number of benzene rings is 1. The third kappa shape index (κ3) is 4.83. The number of amides is 1. The van der Waals surface area contributed by atoms with Crippen molar-refractivity contribution in [1.82, 2.24) is 19.3 Å². The van der Waals surface area contributed by atoms with Gasteiger partial charge in [-0.3, -0.25) is 14.4 Å². The zero-order valence-electron chi connectivity index (χ0n) is 19.4. The Morgan fingerprint density at radius 3 is 2.09 bits per heavy atom. The van der Waals surface area contributed by atoms with Gasteiger partial charge in [0.1, 0.15) is 0 Å². The average Bonchev–Trinajstić information content (AvgIpc) is 3.62. The molecule has 8 heteroatoms. The number of nitrogens with zero attached hydrogens (tertiary/aromatic N) is 3. The minimum atomic E-state index is -3.11. The minimum Gasteiger partial charge on any atom is -0.378 e. The molecule has 178 valence electrons. The van der Waals surface area contributed by atoms with Gasteiger partial charge in [0, 0.05) is 50.5 Å². The lowest BCUT2D eigenvalue weighted by Gasteiger charge is -2.35. The predicted octanol–water partition coefficient (Wildman–Crippen LogP) is 3.87. The summed E-state index contributed by atoms with van der Waals surface area (Å²) in [5.41, 5.74) is 4.12. The van der Waals surface area contributed by atoms with E-state index in [0.29, 0.717) is 19.6 Å². The molecule has 0 atom stereocenters. The van der Waals surface area contributed by atoms with Crippen LogP contribution in [0.25, 0.3) is 6.08 Å². The molecule has 33 heavy (non-hydrogen) atoms. The van der Waals surface area contributed by atoms with Crippen molar-refractivity contribution >= 4 is 19.6 Å². The van der Waals surface area contributed by atoms with Crippen LogP contribution in [0.4, 0.5) is 0 Å². The lowest BCUT2D eigenvalue weighted by Crippen LogP contribution is -2.40. The Morgan fingerprint density at radius 2 is 1.48 bits per heavy atom. The molecule has 3 saturated heterocycles. The summed E-state index contributed by atoms with van der Waals surface area (Å²) in [5.74, 6) is -0.157. The molecule has 0 aromatic heterocycles. The predicted molar refractivity (Wildman–Crippen MR) is 130 cm³/mol. The lowest BCUT2D eigenvalue weighted by molar-refractivity contribution is -0.116. The molecule has 0 bridgehead atoms. The largest absolute Gasteiger partial charge is 0.378 e. The Morgan fingerprint density at radius 1 is 0.879 bits per heavy atom. The first-order valence-electron chi connectivity index (χ1n) is 12.4. The first-order valence-corrected chi connectivity index (χ1v) is 14.0. The van der Waals surface area contributed by atoms with Crippen molar-refractivity contribution in [2.75, 3.05) is 52.5 Å². The molecule has 1 N–H and O–H groups in total. The maximum atomic E-state index is 14.3. The molecule has 4 aliphatic rings. The van der Waals surface area contributed by atoms with Crippen LogP contribution in [0.5, 0.6) is 0 Å². The highest BCUT2D eigenvalue weighted by Crippen LogP contribution is 2.53. The number of hydrogen-bond donors (Lipinski definition) is 1. The van der Waals surface area contributed by atoms with Crippen molar-refractivity contribution in [3.63, 3.8) is 0 Å². The van der Waals surface area contributed by atoms with Gasteiger partial charge in [-0.25, -0.2) is 9.34 Å². The van der Waals surface area contributed by atoms with Crippen molar-refractivity contribution < 1.29 is 14.1 Å². The highest BCUT2D eigenvalue weighted by Gasteiger charge is 2.42. The number of ether oxygens (including phenoxy) is 1.